The number of thiophene rings is 2. The Morgan fingerprint density at radius 2 is 1.92 bits per heavy atom. The monoisotopic (exact) mass is 448 g/mol. The van der Waals surface area contributed by atoms with Gasteiger partial charge in [0.25, 0.3) is 10.0 Å². The first-order valence-corrected chi connectivity index (χ1v) is 11.5. The van der Waals surface area contributed by atoms with Crippen molar-refractivity contribution >= 4 is 54.5 Å². The van der Waals surface area contributed by atoms with Crippen LogP contribution in [0.25, 0.3) is 0 Å². The number of aryl methyl sites for hydroxylation is 1. The van der Waals surface area contributed by atoms with E-state index in [0.717, 1.165) is 10.2 Å². The van der Waals surface area contributed by atoms with Crippen molar-refractivity contribution in [3.63, 3.8) is 0 Å². The van der Waals surface area contributed by atoms with Gasteiger partial charge in [-0.3, -0.25) is 4.79 Å². The van der Waals surface area contributed by atoms with Gasteiger partial charge in [0.05, 0.1) is 3.79 Å². The summed E-state index contributed by atoms with van der Waals surface area (Å²) in [7, 11) is -3.45. The number of halogens is 1. The van der Waals surface area contributed by atoms with Crippen LogP contribution in [0.3, 0.4) is 0 Å². The summed E-state index contributed by atoms with van der Waals surface area (Å²) in [6, 6.07) is 5.38. The molecule has 24 heavy (non-hydrogen) atoms. The van der Waals surface area contributed by atoms with Gasteiger partial charge >= 0.3 is 0 Å². The second kappa shape index (κ2) is 7.65. The highest BCUT2D eigenvalue weighted by Gasteiger charge is 2.30. The first kappa shape index (κ1) is 18.1. The fourth-order valence-corrected chi connectivity index (χ4v) is 6.88. The third-order valence-corrected chi connectivity index (χ3v) is 8.66. The SMILES string of the molecule is O=C(CCc1ccsc1)N1CCN(S(=O)(=O)c2ccc(Br)s2)CC1. The maximum absolute atomic E-state index is 12.6. The van der Waals surface area contributed by atoms with Gasteiger partial charge in [-0.15, -0.1) is 11.3 Å². The Morgan fingerprint density at radius 3 is 2.50 bits per heavy atom. The van der Waals surface area contributed by atoms with Crippen LogP contribution in [0.15, 0.2) is 37.0 Å². The van der Waals surface area contributed by atoms with Crippen molar-refractivity contribution < 1.29 is 13.2 Å². The second-order valence-corrected chi connectivity index (χ2v) is 10.9. The average Bonchev–Trinajstić information content (AvgIpc) is 3.24. The van der Waals surface area contributed by atoms with E-state index >= 15 is 0 Å². The zero-order valence-electron chi connectivity index (χ0n) is 12.9. The third kappa shape index (κ3) is 4.08. The summed E-state index contributed by atoms with van der Waals surface area (Å²) in [6.07, 6.45) is 1.21. The smallest absolute Gasteiger partial charge is 0.252 e. The van der Waals surface area contributed by atoms with Crippen molar-refractivity contribution in [1.82, 2.24) is 9.21 Å². The Balaban J connectivity index is 1.54. The van der Waals surface area contributed by atoms with E-state index in [1.54, 1.807) is 28.4 Å². The van der Waals surface area contributed by atoms with Gasteiger partial charge in [0, 0.05) is 32.6 Å². The molecule has 9 heteroatoms. The lowest BCUT2D eigenvalue weighted by molar-refractivity contribution is -0.132. The van der Waals surface area contributed by atoms with Crippen LogP contribution in [-0.2, 0) is 21.2 Å². The molecule has 1 aliphatic rings. The van der Waals surface area contributed by atoms with E-state index in [0.29, 0.717) is 36.8 Å². The van der Waals surface area contributed by atoms with E-state index in [9.17, 15) is 13.2 Å². The fourth-order valence-electron chi connectivity index (χ4n) is 2.59. The first-order chi connectivity index (χ1) is 11.5. The van der Waals surface area contributed by atoms with Crippen molar-refractivity contribution in [3.8, 4) is 0 Å². The predicted molar refractivity (Wildman–Crippen MR) is 100.0 cm³/mol. The maximum atomic E-state index is 12.6. The van der Waals surface area contributed by atoms with Crippen molar-refractivity contribution in [1.29, 1.82) is 0 Å². The average molecular weight is 449 g/mol. The molecule has 1 aliphatic heterocycles. The predicted octanol–water partition coefficient (Wildman–Crippen LogP) is 3.04. The molecule has 1 amide bonds. The molecule has 2 aromatic rings. The Hall–Kier alpha value is -0.740. The van der Waals surface area contributed by atoms with Crippen LogP contribution >= 0.6 is 38.6 Å². The topological polar surface area (TPSA) is 57.7 Å². The standard InChI is InChI=1S/C15H17BrN2O3S3/c16-13-2-4-15(23-13)24(20,21)18-8-6-17(7-9-18)14(19)3-1-12-5-10-22-11-12/h2,4-5,10-11H,1,3,6-9H2. The molecule has 2 aromatic heterocycles. The highest BCUT2D eigenvalue weighted by molar-refractivity contribution is 9.11. The molecular formula is C15H17BrN2O3S3. The molecular weight excluding hydrogens is 432 g/mol. The molecule has 0 bridgehead atoms. The molecule has 130 valence electrons. The number of carbonyl (C=O) groups is 1. The van der Waals surface area contributed by atoms with Gasteiger partial charge < -0.3 is 4.90 Å². The largest absolute Gasteiger partial charge is 0.340 e. The Morgan fingerprint density at radius 1 is 1.17 bits per heavy atom. The third-order valence-electron chi connectivity index (χ3n) is 3.94. The summed E-state index contributed by atoms with van der Waals surface area (Å²) in [6.45, 7) is 1.60. The second-order valence-electron chi connectivity index (χ2n) is 5.48. The van der Waals surface area contributed by atoms with Crippen LogP contribution in [0, 0.1) is 0 Å². The molecule has 0 radical (unpaired) electrons. The normalized spacial score (nSPS) is 16.5. The van der Waals surface area contributed by atoms with Gasteiger partial charge in [-0.25, -0.2) is 8.42 Å². The van der Waals surface area contributed by atoms with E-state index < -0.39 is 10.0 Å². The van der Waals surface area contributed by atoms with Gasteiger partial charge in [0.1, 0.15) is 4.21 Å². The summed E-state index contributed by atoms with van der Waals surface area (Å²) in [4.78, 5) is 14.0. The van der Waals surface area contributed by atoms with E-state index in [1.165, 1.54) is 21.2 Å². The molecule has 0 atom stereocenters. The minimum absolute atomic E-state index is 0.0946. The summed E-state index contributed by atoms with van der Waals surface area (Å²) in [5.41, 5.74) is 1.18. The molecule has 0 aliphatic carbocycles. The minimum atomic E-state index is -3.45. The van der Waals surface area contributed by atoms with E-state index in [-0.39, 0.29) is 5.91 Å². The molecule has 0 N–H and O–H groups in total. The molecule has 3 heterocycles. The minimum Gasteiger partial charge on any atom is -0.340 e. The van der Waals surface area contributed by atoms with Crippen molar-refractivity contribution in [3.05, 3.63) is 38.3 Å². The molecule has 5 nitrogen and oxygen atoms in total. The zero-order valence-corrected chi connectivity index (χ0v) is 16.9. The maximum Gasteiger partial charge on any atom is 0.252 e. The summed E-state index contributed by atoms with van der Waals surface area (Å²) >= 11 is 6.13. The number of carbonyl (C=O) groups excluding carboxylic acids is 1. The van der Waals surface area contributed by atoms with E-state index in [2.05, 4.69) is 21.3 Å². The van der Waals surface area contributed by atoms with Crippen molar-refractivity contribution in [2.24, 2.45) is 0 Å². The van der Waals surface area contributed by atoms with Crippen molar-refractivity contribution in [2.75, 3.05) is 26.2 Å². The fraction of sp³-hybridized carbons (Fsp3) is 0.400. The zero-order chi connectivity index (χ0) is 17.2. The number of piperazine rings is 1. The van der Waals surface area contributed by atoms with Crippen LogP contribution in [0.2, 0.25) is 0 Å². The van der Waals surface area contributed by atoms with Crippen LogP contribution < -0.4 is 0 Å². The number of nitrogens with zero attached hydrogens (tertiary/aromatic N) is 2. The Kier molecular flexibility index (Phi) is 5.76. The van der Waals surface area contributed by atoms with Crippen LogP contribution in [0.1, 0.15) is 12.0 Å². The molecule has 0 unspecified atom stereocenters. The Bertz CT molecular complexity index is 794. The highest BCUT2D eigenvalue weighted by Crippen LogP contribution is 2.29. The number of hydrogen-bond donors (Lipinski definition) is 0. The van der Waals surface area contributed by atoms with Gasteiger partial charge in [-0.2, -0.15) is 15.6 Å². The lowest BCUT2D eigenvalue weighted by Crippen LogP contribution is -2.50. The van der Waals surface area contributed by atoms with Gasteiger partial charge in [0.15, 0.2) is 0 Å². The van der Waals surface area contributed by atoms with Gasteiger partial charge in [-0.1, -0.05) is 0 Å². The molecule has 3 rings (SSSR count). The quantitative estimate of drug-likeness (QED) is 0.705. The van der Waals surface area contributed by atoms with Crippen LogP contribution in [0.4, 0.5) is 0 Å². The number of rotatable bonds is 5. The molecule has 0 saturated carbocycles. The van der Waals surface area contributed by atoms with E-state index in [1.807, 2.05) is 11.4 Å². The molecule has 0 aromatic carbocycles. The molecule has 1 saturated heterocycles. The molecule has 0 spiro atoms. The lowest BCUT2D eigenvalue weighted by atomic mass is 10.1. The molecule has 1 fully saturated rings. The lowest BCUT2D eigenvalue weighted by Gasteiger charge is -2.33. The number of amides is 1. The highest BCUT2D eigenvalue weighted by atomic mass is 79.9. The number of sulfonamides is 1. The van der Waals surface area contributed by atoms with Crippen molar-refractivity contribution in [2.45, 2.75) is 17.1 Å². The van der Waals surface area contributed by atoms with Gasteiger partial charge in [0.2, 0.25) is 5.91 Å². The summed E-state index contributed by atoms with van der Waals surface area (Å²) < 4.78 is 27.7. The van der Waals surface area contributed by atoms with Crippen LogP contribution in [0.5, 0.6) is 0 Å². The summed E-state index contributed by atoms with van der Waals surface area (Å²) in [5, 5.41) is 4.06. The van der Waals surface area contributed by atoms with E-state index in [4.69, 9.17) is 0 Å². The number of hydrogen-bond acceptors (Lipinski definition) is 5. The van der Waals surface area contributed by atoms with Gasteiger partial charge in [-0.05, 0) is 56.9 Å². The Labute approximate surface area is 158 Å². The van der Waals surface area contributed by atoms with Crippen LogP contribution in [-0.4, -0.2) is 49.7 Å². The first-order valence-electron chi connectivity index (χ1n) is 7.51. The summed E-state index contributed by atoms with van der Waals surface area (Å²) in [5.74, 6) is 0.0946.